The van der Waals surface area contributed by atoms with Gasteiger partial charge in [-0.1, -0.05) is 0 Å². The molecule has 0 heterocycles. The molecule has 3 atom stereocenters. The zero-order chi connectivity index (χ0) is 24.4. The second-order valence-electron chi connectivity index (χ2n) is 9.09. The molecule has 0 spiro atoms. The van der Waals surface area contributed by atoms with Crippen LogP contribution in [0.2, 0.25) is 0 Å². The van der Waals surface area contributed by atoms with E-state index in [1.54, 1.807) is 7.05 Å². The fourth-order valence-electron chi connectivity index (χ4n) is 5.45. The van der Waals surface area contributed by atoms with Crippen LogP contribution < -0.4 is 16.0 Å². The maximum Gasteiger partial charge on any atom is 0.255 e. The number of aliphatic hydroxyl groups excluding tert-OH is 2. The Labute approximate surface area is 190 Å². The van der Waals surface area contributed by atoms with Crippen molar-refractivity contribution < 1.29 is 34.8 Å². The number of aromatic hydroxyl groups is 1. The normalized spacial score (nSPS) is 26.7. The SMILES string of the molecule is CNCc1cc(N(C)C)c2c(c1O)C(O)=C1C(=O)C3(O)C(O)=C(C(N)=O)C(=O)CC3CC1C2. The van der Waals surface area contributed by atoms with E-state index < -0.39 is 52.0 Å². The molecule has 0 aliphatic heterocycles. The number of phenolic OH excluding ortho intramolecular Hbond substituents is 1. The number of hydrogen-bond acceptors (Lipinski definition) is 9. The van der Waals surface area contributed by atoms with Crippen LogP contribution >= 0.6 is 0 Å². The number of Topliss-reactive ketones (excluding diaryl/α,β-unsaturated/α-hetero) is 2. The molecule has 7 N–H and O–H groups in total. The van der Waals surface area contributed by atoms with Crippen LogP contribution in [0.15, 0.2) is 23.0 Å². The fourth-order valence-corrected chi connectivity index (χ4v) is 5.45. The number of hydrogen-bond donors (Lipinski definition) is 6. The van der Waals surface area contributed by atoms with Crippen molar-refractivity contribution in [1.29, 1.82) is 0 Å². The molecule has 176 valence electrons. The number of benzene rings is 1. The predicted octanol–water partition coefficient (Wildman–Crippen LogP) is 0.209. The van der Waals surface area contributed by atoms with Crippen LogP contribution in [0.5, 0.6) is 5.75 Å². The van der Waals surface area contributed by atoms with E-state index in [-0.39, 0.29) is 36.1 Å². The van der Waals surface area contributed by atoms with Crippen LogP contribution in [0, 0.1) is 11.8 Å². The Bertz CT molecular complexity index is 1170. The van der Waals surface area contributed by atoms with Gasteiger partial charge in [0, 0.05) is 49.8 Å². The van der Waals surface area contributed by atoms with E-state index >= 15 is 0 Å². The number of anilines is 1. The summed E-state index contributed by atoms with van der Waals surface area (Å²) in [6, 6.07) is 1.81. The van der Waals surface area contributed by atoms with Crippen molar-refractivity contribution >= 4 is 28.9 Å². The lowest BCUT2D eigenvalue weighted by atomic mass is 9.59. The summed E-state index contributed by atoms with van der Waals surface area (Å²) < 4.78 is 0. The molecule has 10 heteroatoms. The van der Waals surface area contributed by atoms with Crippen molar-refractivity contribution in [3.63, 3.8) is 0 Å². The van der Waals surface area contributed by atoms with Crippen LogP contribution in [0.1, 0.15) is 29.5 Å². The van der Waals surface area contributed by atoms with Crippen LogP contribution in [-0.4, -0.2) is 64.6 Å². The summed E-state index contributed by atoms with van der Waals surface area (Å²) in [5, 5.41) is 47.0. The molecule has 1 fully saturated rings. The standard InChI is InChI=1S/C23H27N3O7/c1-25-8-10-6-13(26(2)3)12-5-9-4-11-7-14(27)17(22(24)32)21(31)23(11,33)20(30)15(9)19(29)16(12)18(10)28/h6,9,11,25,28-29,31,33H,4-5,7-8H2,1-3H3,(H2,24,32). The first-order chi connectivity index (χ1) is 15.4. The molecule has 0 aromatic heterocycles. The highest BCUT2D eigenvalue weighted by atomic mass is 16.3. The van der Waals surface area contributed by atoms with Gasteiger partial charge in [0.15, 0.2) is 11.4 Å². The average Bonchev–Trinajstić information content (AvgIpc) is 2.72. The smallest absolute Gasteiger partial charge is 0.255 e. The summed E-state index contributed by atoms with van der Waals surface area (Å²) in [5.41, 5.74) is 3.70. The first kappa shape index (κ1) is 22.8. The summed E-state index contributed by atoms with van der Waals surface area (Å²) in [5.74, 6) is -6.26. The van der Waals surface area contributed by atoms with E-state index in [4.69, 9.17) is 5.73 Å². The number of carbonyl (C=O) groups excluding carboxylic acids is 3. The summed E-state index contributed by atoms with van der Waals surface area (Å²) in [4.78, 5) is 39.5. The maximum absolute atomic E-state index is 13.5. The summed E-state index contributed by atoms with van der Waals surface area (Å²) >= 11 is 0. The number of carbonyl (C=O) groups is 3. The molecule has 33 heavy (non-hydrogen) atoms. The number of fused-ring (bicyclic) bond motifs is 3. The highest BCUT2D eigenvalue weighted by molar-refractivity contribution is 6.22. The molecule has 3 aliphatic rings. The van der Waals surface area contributed by atoms with Gasteiger partial charge in [-0.05, 0) is 37.4 Å². The Balaban J connectivity index is 1.96. The van der Waals surface area contributed by atoms with Crippen LogP contribution in [0.25, 0.3) is 5.76 Å². The molecule has 10 nitrogen and oxygen atoms in total. The van der Waals surface area contributed by atoms with E-state index in [1.807, 2.05) is 25.1 Å². The summed E-state index contributed by atoms with van der Waals surface area (Å²) in [7, 11) is 5.36. The Morgan fingerprint density at radius 1 is 1.24 bits per heavy atom. The lowest BCUT2D eigenvalue weighted by Gasteiger charge is -2.46. The topological polar surface area (TPSA) is 173 Å². The quantitative estimate of drug-likeness (QED) is 0.345. The Hall–Kier alpha value is -3.37. The van der Waals surface area contributed by atoms with Crippen molar-refractivity contribution in [1.82, 2.24) is 5.32 Å². The first-order valence-corrected chi connectivity index (χ1v) is 10.6. The van der Waals surface area contributed by atoms with Gasteiger partial charge in [-0.3, -0.25) is 14.4 Å². The maximum atomic E-state index is 13.5. The number of nitrogens with zero attached hydrogens (tertiary/aromatic N) is 1. The highest BCUT2D eigenvalue weighted by Crippen LogP contribution is 2.53. The average molecular weight is 457 g/mol. The van der Waals surface area contributed by atoms with Crippen molar-refractivity contribution in [3.05, 3.63) is 39.7 Å². The van der Waals surface area contributed by atoms with E-state index in [9.17, 15) is 34.8 Å². The van der Waals surface area contributed by atoms with Gasteiger partial charge in [0.25, 0.3) is 5.91 Å². The molecular weight excluding hydrogens is 430 g/mol. The zero-order valence-electron chi connectivity index (χ0n) is 18.6. The van der Waals surface area contributed by atoms with Gasteiger partial charge in [-0.25, -0.2) is 0 Å². The predicted molar refractivity (Wildman–Crippen MR) is 118 cm³/mol. The lowest BCUT2D eigenvalue weighted by Crippen LogP contribution is -2.58. The molecule has 1 aromatic carbocycles. The number of phenols is 1. The molecule has 3 unspecified atom stereocenters. The number of nitrogens with two attached hydrogens (primary N) is 1. The van der Waals surface area contributed by atoms with Gasteiger partial charge in [-0.2, -0.15) is 0 Å². The minimum atomic E-state index is -2.56. The Kier molecular flexibility index (Phi) is 5.25. The van der Waals surface area contributed by atoms with Gasteiger partial charge >= 0.3 is 0 Å². The second-order valence-corrected chi connectivity index (χ2v) is 9.09. The van der Waals surface area contributed by atoms with E-state index in [2.05, 4.69) is 5.32 Å². The van der Waals surface area contributed by atoms with Gasteiger partial charge in [-0.15, -0.1) is 0 Å². The number of primary amides is 1. The Morgan fingerprint density at radius 2 is 1.91 bits per heavy atom. The molecular formula is C23H27N3O7. The molecule has 1 saturated carbocycles. The minimum Gasteiger partial charge on any atom is -0.508 e. The van der Waals surface area contributed by atoms with Gasteiger partial charge in [0.2, 0.25) is 5.78 Å². The molecule has 1 aromatic rings. The summed E-state index contributed by atoms with van der Waals surface area (Å²) in [6.45, 7) is 0.305. The Morgan fingerprint density at radius 3 is 2.48 bits per heavy atom. The van der Waals surface area contributed by atoms with Crippen molar-refractivity contribution in [2.24, 2.45) is 17.6 Å². The first-order valence-electron chi connectivity index (χ1n) is 10.6. The van der Waals surface area contributed by atoms with Crippen LogP contribution in [0.3, 0.4) is 0 Å². The number of amides is 1. The molecule has 3 aliphatic carbocycles. The van der Waals surface area contributed by atoms with Crippen LogP contribution in [-0.2, 0) is 27.3 Å². The second kappa shape index (κ2) is 7.60. The van der Waals surface area contributed by atoms with Crippen LogP contribution in [0.4, 0.5) is 5.69 Å². The molecule has 4 rings (SSSR count). The van der Waals surface area contributed by atoms with E-state index in [0.29, 0.717) is 17.7 Å². The van der Waals surface area contributed by atoms with Crippen molar-refractivity contribution in [3.8, 4) is 5.75 Å². The third-order valence-electron chi connectivity index (χ3n) is 6.97. The van der Waals surface area contributed by atoms with Gasteiger partial charge in [0.1, 0.15) is 22.8 Å². The number of ketones is 2. The number of nitrogens with one attached hydrogen (secondary N) is 1. The largest absolute Gasteiger partial charge is 0.508 e. The van der Waals surface area contributed by atoms with Gasteiger partial charge in [0.05, 0.1) is 5.56 Å². The molecule has 0 radical (unpaired) electrons. The number of rotatable bonds is 4. The van der Waals surface area contributed by atoms with Crippen molar-refractivity contribution in [2.75, 3.05) is 26.0 Å². The van der Waals surface area contributed by atoms with E-state index in [0.717, 1.165) is 5.69 Å². The molecule has 1 amide bonds. The lowest BCUT2D eigenvalue weighted by molar-refractivity contribution is -0.147. The van der Waals surface area contributed by atoms with Gasteiger partial charge < -0.3 is 36.4 Å². The third kappa shape index (κ3) is 3.05. The number of aliphatic hydroxyl groups is 3. The molecule has 0 saturated heterocycles. The fraction of sp³-hybridized carbons (Fsp3) is 0.435. The monoisotopic (exact) mass is 457 g/mol. The van der Waals surface area contributed by atoms with Crippen molar-refractivity contribution in [2.45, 2.75) is 31.4 Å². The summed E-state index contributed by atoms with van der Waals surface area (Å²) in [6.07, 6.45) is 0.0407. The van der Waals surface area contributed by atoms with E-state index in [1.165, 1.54) is 0 Å². The highest BCUT2D eigenvalue weighted by Gasteiger charge is 2.60. The molecule has 0 bridgehead atoms. The zero-order valence-corrected chi connectivity index (χ0v) is 18.6. The minimum absolute atomic E-state index is 0.0959. The third-order valence-corrected chi connectivity index (χ3v) is 6.97.